The highest BCUT2D eigenvalue weighted by Gasteiger charge is 2.06. The maximum absolute atomic E-state index is 9.51. The van der Waals surface area contributed by atoms with Crippen molar-refractivity contribution in [2.75, 3.05) is 0 Å². The van der Waals surface area contributed by atoms with Crippen molar-refractivity contribution in [3.63, 3.8) is 0 Å². The van der Waals surface area contributed by atoms with Crippen molar-refractivity contribution in [1.29, 1.82) is 5.26 Å². The molecule has 2 rings (SSSR count). The van der Waals surface area contributed by atoms with Crippen LogP contribution in [-0.2, 0) is 0 Å². The van der Waals surface area contributed by atoms with Crippen LogP contribution in [0.3, 0.4) is 0 Å². The van der Waals surface area contributed by atoms with Crippen LogP contribution in [0, 0.1) is 18.3 Å². The molecule has 0 aliphatic heterocycles. The van der Waals surface area contributed by atoms with E-state index in [1.807, 2.05) is 13.0 Å². The maximum atomic E-state index is 9.51. The monoisotopic (exact) mass is 184 g/mol. The molecule has 3 heteroatoms. The predicted molar refractivity (Wildman–Crippen MR) is 52.9 cm³/mol. The summed E-state index contributed by atoms with van der Waals surface area (Å²) in [6, 6.07) is 7.24. The summed E-state index contributed by atoms with van der Waals surface area (Å²) in [5.74, 6) is 0.148. The molecule has 0 saturated heterocycles. The molecule has 0 aliphatic carbocycles. The maximum Gasteiger partial charge on any atom is 0.141 e. The molecule has 0 saturated carbocycles. The highest BCUT2D eigenvalue weighted by atomic mass is 16.3. The van der Waals surface area contributed by atoms with Gasteiger partial charge in [0.1, 0.15) is 17.3 Å². The van der Waals surface area contributed by atoms with Crippen molar-refractivity contribution >= 4 is 10.9 Å². The zero-order valence-electron chi connectivity index (χ0n) is 7.65. The molecule has 0 bridgehead atoms. The van der Waals surface area contributed by atoms with Crippen molar-refractivity contribution in [2.24, 2.45) is 0 Å². The average Bonchev–Trinajstić information content (AvgIpc) is 2.20. The van der Waals surface area contributed by atoms with Gasteiger partial charge in [0.15, 0.2) is 0 Å². The number of hydrogen-bond acceptors (Lipinski definition) is 3. The topological polar surface area (TPSA) is 56.9 Å². The van der Waals surface area contributed by atoms with Crippen molar-refractivity contribution in [1.82, 2.24) is 4.98 Å². The third kappa shape index (κ3) is 1.09. The molecule has 14 heavy (non-hydrogen) atoms. The number of phenols is 1. The SMILES string of the molecule is Cc1c(C#N)cnc2c(O)cccc12. The molecular weight excluding hydrogens is 176 g/mol. The first-order valence-electron chi connectivity index (χ1n) is 4.21. The van der Waals surface area contributed by atoms with Crippen LogP contribution in [0.25, 0.3) is 10.9 Å². The van der Waals surface area contributed by atoms with Crippen LogP contribution in [0.15, 0.2) is 24.4 Å². The number of aromatic hydroxyl groups is 1. The Hall–Kier alpha value is -2.08. The fourth-order valence-electron chi connectivity index (χ4n) is 1.45. The molecule has 68 valence electrons. The average molecular weight is 184 g/mol. The van der Waals surface area contributed by atoms with E-state index in [9.17, 15) is 5.11 Å². The number of hydrogen-bond donors (Lipinski definition) is 1. The van der Waals surface area contributed by atoms with Gasteiger partial charge in [0.25, 0.3) is 0 Å². The van der Waals surface area contributed by atoms with Crippen LogP contribution in [0.4, 0.5) is 0 Å². The first-order chi connectivity index (χ1) is 6.74. The van der Waals surface area contributed by atoms with Gasteiger partial charge in [-0.1, -0.05) is 12.1 Å². The minimum atomic E-state index is 0.148. The number of aromatic nitrogens is 1. The molecular formula is C11H8N2O. The van der Waals surface area contributed by atoms with Gasteiger partial charge in [-0.05, 0) is 18.6 Å². The van der Waals surface area contributed by atoms with E-state index in [4.69, 9.17) is 5.26 Å². The number of nitrogens with zero attached hydrogens (tertiary/aromatic N) is 2. The van der Waals surface area contributed by atoms with Crippen molar-refractivity contribution in [3.8, 4) is 11.8 Å². The molecule has 0 spiro atoms. The Balaban J connectivity index is 2.92. The highest BCUT2D eigenvalue weighted by molar-refractivity contribution is 5.88. The van der Waals surface area contributed by atoms with Crippen molar-refractivity contribution in [2.45, 2.75) is 6.92 Å². The summed E-state index contributed by atoms with van der Waals surface area (Å²) in [5, 5.41) is 19.1. The quantitative estimate of drug-likeness (QED) is 0.682. The summed E-state index contributed by atoms with van der Waals surface area (Å²) < 4.78 is 0. The lowest BCUT2D eigenvalue weighted by Gasteiger charge is -2.03. The zero-order chi connectivity index (χ0) is 10.1. The summed E-state index contributed by atoms with van der Waals surface area (Å²) in [4.78, 5) is 4.04. The fourth-order valence-corrected chi connectivity index (χ4v) is 1.45. The van der Waals surface area contributed by atoms with E-state index in [1.54, 1.807) is 12.1 Å². The van der Waals surface area contributed by atoms with Crippen LogP contribution in [0.1, 0.15) is 11.1 Å². The van der Waals surface area contributed by atoms with Gasteiger partial charge in [0.2, 0.25) is 0 Å². The Morgan fingerprint density at radius 1 is 1.43 bits per heavy atom. The molecule has 1 aromatic carbocycles. The smallest absolute Gasteiger partial charge is 0.141 e. The number of nitriles is 1. The van der Waals surface area contributed by atoms with Crippen LogP contribution in [0.2, 0.25) is 0 Å². The van der Waals surface area contributed by atoms with E-state index in [0.717, 1.165) is 10.9 Å². The summed E-state index contributed by atoms with van der Waals surface area (Å²) in [6.07, 6.45) is 1.48. The number of fused-ring (bicyclic) bond motifs is 1. The number of aryl methyl sites for hydroxylation is 1. The van der Waals surface area contributed by atoms with Gasteiger partial charge in [-0.2, -0.15) is 5.26 Å². The van der Waals surface area contributed by atoms with Gasteiger partial charge in [-0.3, -0.25) is 4.98 Å². The second-order valence-corrected chi connectivity index (χ2v) is 3.08. The van der Waals surface area contributed by atoms with E-state index >= 15 is 0 Å². The predicted octanol–water partition coefficient (Wildman–Crippen LogP) is 2.12. The van der Waals surface area contributed by atoms with Crippen LogP contribution in [0.5, 0.6) is 5.75 Å². The molecule has 1 heterocycles. The summed E-state index contributed by atoms with van der Waals surface area (Å²) in [6.45, 7) is 1.85. The fraction of sp³-hybridized carbons (Fsp3) is 0.0909. The second-order valence-electron chi connectivity index (χ2n) is 3.08. The Bertz CT molecular complexity index is 541. The van der Waals surface area contributed by atoms with Crippen molar-refractivity contribution < 1.29 is 5.11 Å². The molecule has 0 fully saturated rings. The number of para-hydroxylation sites is 1. The minimum absolute atomic E-state index is 0.148. The number of pyridine rings is 1. The normalized spacial score (nSPS) is 10.0. The zero-order valence-corrected chi connectivity index (χ0v) is 7.65. The first kappa shape index (κ1) is 8.52. The molecule has 1 aromatic heterocycles. The number of benzene rings is 1. The Morgan fingerprint density at radius 3 is 2.93 bits per heavy atom. The third-order valence-corrected chi connectivity index (χ3v) is 2.27. The van der Waals surface area contributed by atoms with Crippen molar-refractivity contribution in [3.05, 3.63) is 35.5 Å². The lowest BCUT2D eigenvalue weighted by molar-refractivity contribution is 0.480. The largest absolute Gasteiger partial charge is 0.506 e. The first-order valence-corrected chi connectivity index (χ1v) is 4.21. The molecule has 0 amide bonds. The van der Waals surface area contributed by atoms with Crippen LogP contribution >= 0.6 is 0 Å². The van der Waals surface area contributed by atoms with E-state index in [1.165, 1.54) is 6.20 Å². The molecule has 1 N–H and O–H groups in total. The lowest BCUT2D eigenvalue weighted by Crippen LogP contribution is -1.88. The van der Waals surface area contributed by atoms with Crippen LogP contribution < -0.4 is 0 Å². The molecule has 2 aromatic rings. The summed E-state index contributed by atoms with van der Waals surface area (Å²) >= 11 is 0. The van der Waals surface area contributed by atoms with E-state index < -0.39 is 0 Å². The standard InChI is InChI=1S/C11H8N2O/c1-7-8(5-12)6-13-11-9(7)3-2-4-10(11)14/h2-4,6,14H,1H3. The van der Waals surface area contributed by atoms with Gasteiger partial charge in [-0.15, -0.1) is 0 Å². The molecule has 0 atom stereocenters. The minimum Gasteiger partial charge on any atom is -0.506 e. The van der Waals surface area contributed by atoms with Gasteiger partial charge >= 0.3 is 0 Å². The Kier molecular flexibility index (Phi) is 1.83. The molecule has 0 aliphatic rings. The number of phenolic OH excluding ortho intramolecular Hbond substituents is 1. The number of rotatable bonds is 0. The highest BCUT2D eigenvalue weighted by Crippen LogP contribution is 2.25. The molecule has 0 radical (unpaired) electrons. The van der Waals surface area contributed by atoms with E-state index in [2.05, 4.69) is 11.1 Å². The van der Waals surface area contributed by atoms with E-state index in [0.29, 0.717) is 11.1 Å². The Labute approximate surface area is 81.2 Å². The molecule has 0 unspecified atom stereocenters. The van der Waals surface area contributed by atoms with E-state index in [-0.39, 0.29) is 5.75 Å². The summed E-state index contributed by atoms with van der Waals surface area (Å²) in [5.41, 5.74) is 1.94. The van der Waals surface area contributed by atoms with Gasteiger partial charge in [-0.25, -0.2) is 0 Å². The van der Waals surface area contributed by atoms with Gasteiger partial charge in [0.05, 0.1) is 5.56 Å². The lowest BCUT2D eigenvalue weighted by atomic mass is 10.1. The van der Waals surface area contributed by atoms with Gasteiger partial charge < -0.3 is 5.11 Å². The third-order valence-electron chi connectivity index (χ3n) is 2.27. The Morgan fingerprint density at radius 2 is 2.21 bits per heavy atom. The summed E-state index contributed by atoms with van der Waals surface area (Å²) in [7, 11) is 0. The molecule has 3 nitrogen and oxygen atoms in total. The van der Waals surface area contributed by atoms with Crippen LogP contribution in [-0.4, -0.2) is 10.1 Å². The van der Waals surface area contributed by atoms with Gasteiger partial charge in [0, 0.05) is 11.6 Å². The second kappa shape index (κ2) is 3.00.